The molecule has 1 aliphatic heterocycles. The van der Waals surface area contributed by atoms with E-state index in [-0.39, 0.29) is 19.1 Å². The van der Waals surface area contributed by atoms with E-state index in [1.165, 1.54) is 14.0 Å². The Balaban J connectivity index is 1.81. The predicted octanol–water partition coefficient (Wildman–Crippen LogP) is 2.47. The third kappa shape index (κ3) is 4.96. The molecule has 3 rings (SSSR count). The van der Waals surface area contributed by atoms with Crippen molar-refractivity contribution in [3.63, 3.8) is 0 Å². The van der Waals surface area contributed by atoms with Crippen LogP contribution in [0, 0.1) is 0 Å². The lowest BCUT2D eigenvalue weighted by Gasteiger charge is -2.25. The normalized spacial score (nSPS) is 13.4. The largest absolute Gasteiger partial charge is 0.497 e. The molecular weight excluding hydrogens is 424 g/mol. The molecule has 0 bridgehead atoms. The second kappa shape index (κ2) is 9.34. The van der Waals surface area contributed by atoms with Crippen LogP contribution in [0.2, 0.25) is 0 Å². The molecule has 0 fully saturated rings. The van der Waals surface area contributed by atoms with Crippen molar-refractivity contribution in [3.05, 3.63) is 42.0 Å². The highest BCUT2D eigenvalue weighted by Crippen LogP contribution is 2.36. The van der Waals surface area contributed by atoms with Crippen LogP contribution in [0.15, 0.2) is 36.4 Å². The quantitative estimate of drug-likeness (QED) is 0.626. The molecule has 2 aromatic rings. The topological polar surface area (TPSA) is 103 Å². The van der Waals surface area contributed by atoms with Crippen molar-refractivity contribution in [1.29, 1.82) is 0 Å². The van der Waals surface area contributed by atoms with Gasteiger partial charge in [0.1, 0.15) is 18.0 Å². The Morgan fingerprint density at radius 3 is 2.55 bits per heavy atom. The second-order valence-electron chi connectivity index (χ2n) is 6.84. The van der Waals surface area contributed by atoms with E-state index in [4.69, 9.17) is 18.9 Å². The number of amides is 1. The molecule has 1 heterocycles. The Morgan fingerprint density at radius 2 is 1.87 bits per heavy atom. The fourth-order valence-electron chi connectivity index (χ4n) is 3.22. The Kier molecular flexibility index (Phi) is 6.79. The molecule has 0 unspecified atom stereocenters. The van der Waals surface area contributed by atoms with Gasteiger partial charge in [0.2, 0.25) is 22.7 Å². The number of fused-ring (bicyclic) bond motifs is 1. The molecule has 168 valence electrons. The fraction of sp³-hybridized carbons (Fsp3) is 0.381. The smallest absolute Gasteiger partial charge is 0.241 e. The molecule has 10 heteroatoms. The summed E-state index contributed by atoms with van der Waals surface area (Å²) in [5.41, 5.74) is 1.04. The van der Waals surface area contributed by atoms with Gasteiger partial charge in [-0.05, 0) is 44.2 Å². The number of hydrogen-bond donors (Lipinski definition) is 1. The van der Waals surface area contributed by atoms with Gasteiger partial charge >= 0.3 is 0 Å². The summed E-state index contributed by atoms with van der Waals surface area (Å²) in [6, 6.07) is 9.59. The van der Waals surface area contributed by atoms with Crippen molar-refractivity contribution in [2.75, 3.05) is 37.6 Å². The van der Waals surface area contributed by atoms with Gasteiger partial charge in [-0.2, -0.15) is 0 Å². The number of methoxy groups -OCH3 is 2. The van der Waals surface area contributed by atoms with E-state index in [2.05, 4.69) is 5.32 Å². The molecule has 1 atom stereocenters. The van der Waals surface area contributed by atoms with Gasteiger partial charge in [-0.25, -0.2) is 8.42 Å². The molecule has 0 saturated carbocycles. The Hall–Kier alpha value is -3.14. The van der Waals surface area contributed by atoms with Crippen LogP contribution < -0.4 is 28.6 Å². The maximum atomic E-state index is 12.8. The van der Waals surface area contributed by atoms with Crippen LogP contribution in [-0.2, 0) is 14.8 Å². The Morgan fingerprint density at radius 1 is 1.13 bits per heavy atom. The molecular formula is C21H26N2O7S. The number of nitrogens with one attached hydrogen (secondary N) is 1. The lowest BCUT2D eigenvalue weighted by atomic mass is 10.1. The number of carbonyl (C=O) groups is 1. The SMILES string of the molecule is CCS(=O)(=O)N(CC(=O)N[C@@H](C)c1cc(OC)ccc1OC)c1ccc2c(c1)OCO2. The van der Waals surface area contributed by atoms with E-state index in [1.807, 2.05) is 0 Å². The van der Waals surface area contributed by atoms with Crippen molar-refractivity contribution in [2.24, 2.45) is 0 Å². The van der Waals surface area contributed by atoms with Crippen molar-refractivity contribution < 1.29 is 32.2 Å². The molecule has 1 amide bonds. The highest BCUT2D eigenvalue weighted by Gasteiger charge is 2.26. The summed E-state index contributed by atoms with van der Waals surface area (Å²) in [5, 5.41) is 2.83. The van der Waals surface area contributed by atoms with Crippen molar-refractivity contribution in [1.82, 2.24) is 5.32 Å². The van der Waals surface area contributed by atoms with E-state index >= 15 is 0 Å². The lowest BCUT2D eigenvalue weighted by Crippen LogP contribution is -2.42. The number of hydrogen-bond acceptors (Lipinski definition) is 7. The van der Waals surface area contributed by atoms with Gasteiger partial charge in [-0.3, -0.25) is 9.10 Å². The van der Waals surface area contributed by atoms with Gasteiger partial charge in [-0.15, -0.1) is 0 Å². The zero-order valence-electron chi connectivity index (χ0n) is 17.9. The number of anilines is 1. The summed E-state index contributed by atoms with van der Waals surface area (Å²) >= 11 is 0. The van der Waals surface area contributed by atoms with Crippen LogP contribution in [-0.4, -0.2) is 47.6 Å². The zero-order chi connectivity index (χ0) is 22.6. The van der Waals surface area contributed by atoms with Crippen LogP contribution in [0.5, 0.6) is 23.0 Å². The Bertz CT molecular complexity index is 1060. The van der Waals surface area contributed by atoms with E-state index < -0.39 is 22.0 Å². The average molecular weight is 451 g/mol. The number of sulfonamides is 1. The molecule has 0 saturated heterocycles. The first-order valence-corrected chi connectivity index (χ1v) is 11.3. The van der Waals surface area contributed by atoms with Gasteiger partial charge in [-0.1, -0.05) is 0 Å². The first kappa shape index (κ1) is 22.5. The highest BCUT2D eigenvalue weighted by atomic mass is 32.2. The monoisotopic (exact) mass is 450 g/mol. The van der Waals surface area contributed by atoms with Crippen molar-refractivity contribution >= 4 is 21.6 Å². The maximum absolute atomic E-state index is 12.8. The van der Waals surface area contributed by atoms with Crippen LogP contribution in [0.25, 0.3) is 0 Å². The van der Waals surface area contributed by atoms with E-state index in [0.29, 0.717) is 34.2 Å². The maximum Gasteiger partial charge on any atom is 0.241 e. The number of rotatable bonds is 9. The summed E-state index contributed by atoms with van der Waals surface area (Å²) < 4.78 is 47.7. The minimum absolute atomic E-state index is 0.0691. The summed E-state index contributed by atoms with van der Waals surface area (Å²) in [4.78, 5) is 12.8. The van der Waals surface area contributed by atoms with Crippen LogP contribution in [0.1, 0.15) is 25.5 Å². The minimum atomic E-state index is -3.72. The van der Waals surface area contributed by atoms with Gasteiger partial charge in [0.15, 0.2) is 11.5 Å². The summed E-state index contributed by atoms with van der Waals surface area (Å²) in [5.74, 6) is 1.54. The molecule has 0 radical (unpaired) electrons. The number of carbonyl (C=O) groups excluding carboxylic acids is 1. The van der Waals surface area contributed by atoms with Gasteiger partial charge in [0.05, 0.1) is 31.7 Å². The third-order valence-electron chi connectivity index (χ3n) is 4.91. The molecule has 0 aliphatic carbocycles. The van der Waals surface area contributed by atoms with Crippen LogP contribution >= 0.6 is 0 Å². The molecule has 0 aromatic heterocycles. The van der Waals surface area contributed by atoms with E-state index in [9.17, 15) is 13.2 Å². The summed E-state index contributed by atoms with van der Waals surface area (Å²) in [6.45, 7) is 3.00. The number of nitrogens with zero attached hydrogens (tertiary/aromatic N) is 1. The minimum Gasteiger partial charge on any atom is -0.497 e. The number of benzene rings is 2. The summed E-state index contributed by atoms with van der Waals surface area (Å²) in [7, 11) is -0.632. The highest BCUT2D eigenvalue weighted by molar-refractivity contribution is 7.92. The predicted molar refractivity (Wildman–Crippen MR) is 115 cm³/mol. The van der Waals surface area contributed by atoms with Crippen molar-refractivity contribution in [2.45, 2.75) is 19.9 Å². The molecule has 2 aromatic carbocycles. The molecule has 0 spiro atoms. The Labute approximate surface area is 181 Å². The van der Waals surface area contributed by atoms with Crippen LogP contribution in [0.3, 0.4) is 0 Å². The average Bonchev–Trinajstić information content (AvgIpc) is 3.24. The molecule has 9 nitrogen and oxygen atoms in total. The summed E-state index contributed by atoms with van der Waals surface area (Å²) in [6.07, 6.45) is 0. The van der Waals surface area contributed by atoms with Gasteiger partial charge in [0, 0.05) is 11.6 Å². The van der Waals surface area contributed by atoms with Crippen molar-refractivity contribution in [3.8, 4) is 23.0 Å². The second-order valence-corrected chi connectivity index (χ2v) is 9.02. The standard InChI is InChI=1S/C21H26N2O7S/c1-5-31(25,26)23(15-6-8-19-20(10-15)30-13-29-19)12-21(24)22-14(2)17-11-16(27-3)7-9-18(17)28-4/h6-11,14H,5,12-13H2,1-4H3,(H,22,24)/t14-/m0/s1. The fourth-order valence-corrected chi connectivity index (χ4v) is 4.28. The third-order valence-corrected chi connectivity index (χ3v) is 6.65. The van der Waals surface area contributed by atoms with Gasteiger partial charge < -0.3 is 24.3 Å². The molecule has 31 heavy (non-hydrogen) atoms. The first-order chi connectivity index (χ1) is 14.8. The molecule has 1 N–H and O–H groups in total. The van der Waals surface area contributed by atoms with Gasteiger partial charge in [0.25, 0.3) is 0 Å². The van der Waals surface area contributed by atoms with E-state index in [1.54, 1.807) is 50.4 Å². The molecule has 1 aliphatic rings. The first-order valence-electron chi connectivity index (χ1n) is 9.70. The lowest BCUT2D eigenvalue weighted by molar-refractivity contribution is -0.120. The number of ether oxygens (including phenoxy) is 4. The zero-order valence-corrected chi connectivity index (χ0v) is 18.7. The van der Waals surface area contributed by atoms with E-state index in [0.717, 1.165) is 4.31 Å². The van der Waals surface area contributed by atoms with Crippen LogP contribution in [0.4, 0.5) is 5.69 Å².